The van der Waals surface area contributed by atoms with Crippen molar-refractivity contribution in [1.82, 2.24) is 4.98 Å². The van der Waals surface area contributed by atoms with Crippen LogP contribution in [0.4, 0.5) is 10.2 Å². The van der Waals surface area contributed by atoms with Crippen molar-refractivity contribution in [3.63, 3.8) is 0 Å². The highest BCUT2D eigenvalue weighted by Crippen LogP contribution is 2.33. The summed E-state index contributed by atoms with van der Waals surface area (Å²) in [5.41, 5.74) is 6.99. The van der Waals surface area contributed by atoms with Gasteiger partial charge in [-0.1, -0.05) is 11.6 Å². The van der Waals surface area contributed by atoms with E-state index in [1.165, 1.54) is 12.3 Å². The Morgan fingerprint density at radius 3 is 2.67 bits per heavy atom. The van der Waals surface area contributed by atoms with Gasteiger partial charge in [0, 0.05) is 22.3 Å². The lowest BCUT2D eigenvalue weighted by Crippen LogP contribution is -2.04. The van der Waals surface area contributed by atoms with E-state index in [0.717, 1.165) is 0 Å². The van der Waals surface area contributed by atoms with E-state index in [-0.39, 0.29) is 5.82 Å². The maximum Gasteiger partial charge on any atom is 0.132 e. The minimum Gasteiger partial charge on any atom is -0.389 e. The Hall–Kier alpha value is -1.65. The van der Waals surface area contributed by atoms with Crippen molar-refractivity contribution in [3.05, 3.63) is 46.9 Å². The first-order valence-electron chi connectivity index (χ1n) is 5.38. The normalized spacial score (nSPS) is 12.4. The summed E-state index contributed by atoms with van der Waals surface area (Å²) in [5, 5.41) is 10.0. The zero-order valence-corrected chi connectivity index (χ0v) is 10.4. The number of rotatable bonds is 2. The van der Waals surface area contributed by atoms with Crippen molar-refractivity contribution >= 4 is 17.4 Å². The van der Waals surface area contributed by atoms with Crippen LogP contribution in [0.3, 0.4) is 0 Å². The molecule has 0 aliphatic heterocycles. The Kier molecular flexibility index (Phi) is 3.50. The van der Waals surface area contributed by atoms with Gasteiger partial charge in [0.25, 0.3) is 0 Å². The molecular formula is C13H12ClFN2O. The van der Waals surface area contributed by atoms with Gasteiger partial charge >= 0.3 is 0 Å². The molecule has 1 atom stereocenters. The monoisotopic (exact) mass is 266 g/mol. The number of aromatic nitrogens is 1. The number of aliphatic hydroxyl groups excluding tert-OH is 1. The molecule has 3 N–H and O–H groups in total. The van der Waals surface area contributed by atoms with Crippen LogP contribution in [0.15, 0.2) is 30.5 Å². The lowest BCUT2D eigenvalue weighted by atomic mass is 9.97. The van der Waals surface area contributed by atoms with Gasteiger partial charge in [0.05, 0.1) is 6.10 Å². The van der Waals surface area contributed by atoms with E-state index >= 15 is 0 Å². The molecule has 2 aromatic rings. The van der Waals surface area contributed by atoms with Gasteiger partial charge in [-0.25, -0.2) is 9.37 Å². The van der Waals surface area contributed by atoms with Crippen LogP contribution in [-0.2, 0) is 0 Å². The fourth-order valence-corrected chi connectivity index (χ4v) is 2.03. The highest BCUT2D eigenvalue weighted by molar-refractivity contribution is 6.30. The maximum absolute atomic E-state index is 13.9. The van der Waals surface area contributed by atoms with Crippen molar-refractivity contribution in [2.24, 2.45) is 0 Å². The topological polar surface area (TPSA) is 59.1 Å². The Bertz CT molecular complexity index is 587. The molecule has 2 rings (SSSR count). The third-order valence-corrected chi connectivity index (χ3v) is 2.90. The molecule has 0 saturated heterocycles. The van der Waals surface area contributed by atoms with E-state index in [2.05, 4.69) is 4.98 Å². The lowest BCUT2D eigenvalue weighted by Gasteiger charge is -2.14. The zero-order chi connectivity index (χ0) is 13.3. The van der Waals surface area contributed by atoms with Gasteiger partial charge in [-0.05, 0) is 36.8 Å². The number of nitrogens with zero attached hydrogens (tertiary/aromatic N) is 1. The number of pyridine rings is 1. The Labute approximate surface area is 109 Å². The SMILES string of the molecule is CC(O)c1c(-c2ccc(Cl)cc2F)ccnc1N. The van der Waals surface area contributed by atoms with E-state index < -0.39 is 11.9 Å². The van der Waals surface area contributed by atoms with Crippen LogP contribution < -0.4 is 5.73 Å². The second-order valence-electron chi connectivity index (χ2n) is 3.96. The smallest absolute Gasteiger partial charge is 0.132 e. The molecule has 18 heavy (non-hydrogen) atoms. The summed E-state index contributed by atoms with van der Waals surface area (Å²) in [4.78, 5) is 3.90. The van der Waals surface area contributed by atoms with Crippen LogP contribution in [0.25, 0.3) is 11.1 Å². The molecule has 5 heteroatoms. The number of anilines is 1. The first kappa shape index (κ1) is 12.8. The van der Waals surface area contributed by atoms with E-state index in [0.29, 0.717) is 21.7 Å². The summed E-state index contributed by atoms with van der Waals surface area (Å²) in [6, 6.07) is 5.98. The van der Waals surface area contributed by atoms with Crippen LogP contribution in [0.2, 0.25) is 5.02 Å². The summed E-state index contributed by atoms with van der Waals surface area (Å²) in [6.45, 7) is 1.56. The number of nitrogens with two attached hydrogens (primary N) is 1. The molecule has 3 nitrogen and oxygen atoms in total. The highest BCUT2D eigenvalue weighted by Gasteiger charge is 2.16. The van der Waals surface area contributed by atoms with Crippen molar-refractivity contribution in [2.45, 2.75) is 13.0 Å². The zero-order valence-electron chi connectivity index (χ0n) is 9.69. The van der Waals surface area contributed by atoms with E-state index in [1.807, 2.05) is 0 Å². The van der Waals surface area contributed by atoms with Gasteiger partial charge in [-0.2, -0.15) is 0 Å². The predicted octanol–water partition coefficient (Wildman–Crippen LogP) is 3.18. The van der Waals surface area contributed by atoms with Gasteiger partial charge in [-0.3, -0.25) is 0 Å². The third-order valence-electron chi connectivity index (χ3n) is 2.66. The van der Waals surface area contributed by atoms with Crippen LogP contribution in [0.5, 0.6) is 0 Å². The number of aliphatic hydroxyl groups is 1. The summed E-state index contributed by atoms with van der Waals surface area (Å²) < 4.78 is 13.9. The molecule has 0 amide bonds. The molecule has 0 fully saturated rings. The third kappa shape index (κ3) is 2.30. The van der Waals surface area contributed by atoms with Crippen LogP contribution in [0, 0.1) is 5.82 Å². The van der Waals surface area contributed by atoms with E-state index in [9.17, 15) is 9.50 Å². The number of benzene rings is 1. The molecule has 0 spiro atoms. The maximum atomic E-state index is 13.9. The largest absolute Gasteiger partial charge is 0.389 e. The van der Waals surface area contributed by atoms with Crippen molar-refractivity contribution in [2.75, 3.05) is 5.73 Å². The van der Waals surface area contributed by atoms with Crippen LogP contribution >= 0.6 is 11.6 Å². The second kappa shape index (κ2) is 4.92. The minimum atomic E-state index is -0.830. The first-order chi connectivity index (χ1) is 8.50. The van der Waals surface area contributed by atoms with E-state index in [4.69, 9.17) is 17.3 Å². The Morgan fingerprint density at radius 1 is 1.33 bits per heavy atom. The molecule has 0 aliphatic carbocycles. The van der Waals surface area contributed by atoms with Crippen molar-refractivity contribution in [1.29, 1.82) is 0 Å². The standard InChI is InChI=1S/C13H12ClFN2O/c1-7(18)12-10(4-5-17-13(12)16)9-3-2-8(14)6-11(9)15/h2-7,18H,1H3,(H2,16,17). The van der Waals surface area contributed by atoms with Crippen LogP contribution in [-0.4, -0.2) is 10.1 Å². The Morgan fingerprint density at radius 2 is 2.06 bits per heavy atom. The van der Waals surface area contributed by atoms with Gasteiger partial charge in [-0.15, -0.1) is 0 Å². The predicted molar refractivity (Wildman–Crippen MR) is 69.7 cm³/mol. The fourth-order valence-electron chi connectivity index (χ4n) is 1.87. The average molecular weight is 267 g/mol. The quantitative estimate of drug-likeness (QED) is 0.878. The summed E-state index contributed by atoms with van der Waals surface area (Å²) in [6.07, 6.45) is 0.647. The average Bonchev–Trinajstić information content (AvgIpc) is 2.28. The molecule has 0 bridgehead atoms. The number of hydrogen-bond acceptors (Lipinski definition) is 3. The molecule has 1 aromatic carbocycles. The second-order valence-corrected chi connectivity index (χ2v) is 4.39. The van der Waals surface area contributed by atoms with E-state index in [1.54, 1.807) is 25.1 Å². The molecule has 1 heterocycles. The first-order valence-corrected chi connectivity index (χ1v) is 5.76. The lowest BCUT2D eigenvalue weighted by molar-refractivity contribution is 0.200. The molecule has 1 unspecified atom stereocenters. The fraction of sp³-hybridized carbons (Fsp3) is 0.154. The molecule has 94 valence electrons. The molecule has 0 aliphatic rings. The van der Waals surface area contributed by atoms with Gasteiger partial charge in [0.1, 0.15) is 11.6 Å². The summed E-state index contributed by atoms with van der Waals surface area (Å²) in [5.74, 6) is -0.271. The number of hydrogen-bond donors (Lipinski definition) is 2. The summed E-state index contributed by atoms with van der Waals surface area (Å²) >= 11 is 5.71. The van der Waals surface area contributed by atoms with Gasteiger partial charge in [0.2, 0.25) is 0 Å². The molecule has 1 aromatic heterocycles. The van der Waals surface area contributed by atoms with Crippen LogP contribution in [0.1, 0.15) is 18.6 Å². The molecule has 0 radical (unpaired) electrons. The number of halogens is 2. The van der Waals surface area contributed by atoms with Gasteiger partial charge < -0.3 is 10.8 Å². The van der Waals surface area contributed by atoms with Gasteiger partial charge in [0.15, 0.2) is 0 Å². The highest BCUT2D eigenvalue weighted by atomic mass is 35.5. The Balaban J connectivity index is 2.67. The molecular weight excluding hydrogens is 255 g/mol. The van der Waals surface area contributed by atoms with Crippen molar-refractivity contribution in [3.8, 4) is 11.1 Å². The van der Waals surface area contributed by atoms with Crippen molar-refractivity contribution < 1.29 is 9.50 Å². The summed E-state index contributed by atoms with van der Waals surface area (Å²) in [7, 11) is 0. The number of nitrogen functional groups attached to an aromatic ring is 1. The minimum absolute atomic E-state index is 0.192. The molecule has 0 saturated carbocycles.